The summed E-state index contributed by atoms with van der Waals surface area (Å²) in [6.07, 6.45) is 3.83. The number of ether oxygens (including phenoxy) is 1. The van der Waals surface area contributed by atoms with Gasteiger partial charge >= 0.3 is 0 Å². The van der Waals surface area contributed by atoms with Crippen LogP contribution in [0.5, 0.6) is 5.75 Å². The molecule has 0 bridgehead atoms. The van der Waals surface area contributed by atoms with E-state index < -0.39 is 0 Å². The van der Waals surface area contributed by atoms with Crippen LogP contribution in [-0.4, -0.2) is 15.5 Å². The topological polar surface area (TPSA) is 50.3 Å². The Morgan fingerprint density at radius 1 is 1.24 bits per heavy atom. The fraction of sp³-hybridized carbons (Fsp3) is 0.176. The molecule has 21 heavy (non-hydrogen) atoms. The highest BCUT2D eigenvalue weighted by Crippen LogP contribution is 2.26. The number of hydrogen-bond acceptors (Lipinski definition) is 3. The van der Waals surface area contributed by atoms with Crippen molar-refractivity contribution in [3.8, 4) is 23.1 Å². The lowest BCUT2D eigenvalue weighted by Gasteiger charge is -2.10. The number of nitrogens with zero attached hydrogens (tertiary/aromatic N) is 3. The van der Waals surface area contributed by atoms with Gasteiger partial charge in [0.25, 0.3) is 0 Å². The van der Waals surface area contributed by atoms with Crippen molar-refractivity contribution in [2.24, 2.45) is 0 Å². The lowest BCUT2D eigenvalue weighted by atomic mass is 10.1. The van der Waals surface area contributed by atoms with Crippen LogP contribution in [0.25, 0.3) is 16.9 Å². The molecular formula is C17H15N3O. The highest BCUT2D eigenvalue weighted by Gasteiger charge is 2.09. The molecule has 4 nitrogen and oxygen atoms in total. The smallest absolute Gasteiger partial charge is 0.155 e. The largest absolute Gasteiger partial charge is 0.491 e. The first-order chi connectivity index (χ1) is 10.2. The summed E-state index contributed by atoms with van der Waals surface area (Å²) in [5.74, 6) is 0.828. The molecule has 0 saturated carbocycles. The molecule has 0 aliphatic carbocycles. The summed E-state index contributed by atoms with van der Waals surface area (Å²) in [4.78, 5) is 4.36. The van der Waals surface area contributed by atoms with Gasteiger partial charge in [-0.15, -0.1) is 0 Å². The van der Waals surface area contributed by atoms with Gasteiger partial charge in [-0.05, 0) is 38.1 Å². The molecule has 2 heterocycles. The summed E-state index contributed by atoms with van der Waals surface area (Å²) in [6, 6.07) is 13.7. The highest BCUT2D eigenvalue weighted by atomic mass is 16.5. The third kappa shape index (κ3) is 2.46. The Kier molecular flexibility index (Phi) is 3.33. The van der Waals surface area contributed by atoms with Crippen molar-refractivity contribution < 1.29 is 4.74 Å². The van der Waals surface area contributed by atoms with E-state index in [9.17, 15) is 0 Å². The fourth-order valence-corrected chi connectivity index (χ4v) is 2.31. The molecule has 2 aromatic heterocycles. The number of imidazole rings is 1. The van der Waals surface area contributed by atoms with Gasteiger partial charge in [0.05, 0.1) is 23.6 Å². The van der Waals surface area contributed by atoms with E-state index in [0.717, 1.165) is 17.0 Å². The van der Waals surface area contributed by atoms with E-state index in [4.69, 9.17) is 10.00 Å². The van der Waals surface area contributed by atoms with E-state index in [-0.39, 0.29) is 6.10 Å². The number of rotatable bonds is 3. The van der Waals surface area contributed by atoms with Crippen LogP contribution in [0.1, 0.15) is 19.4 Å². The predicted molar refractivity (Wildman–Crippen MR) is 81.1 cm³/mol. The molecule has 0 saturated heterocycles. The molecule has 0 aliphatic rings. The summed E-state index contributed by atoms with van der Waals surface area (Å²) < 4.78 is 7.65. The third-order valence-electron chi connectivity index (χ3n) is 3.16. The van der Waals surface area contributed by atoms with Crippen molar-refractivity contribution in [1.29, 1.82) is 5.26 Å². The van der Waals surface area contributed by atoms with Gasteiger partial charge in [0.2, 0.25) is 0 Å². The monoisotopic (exact) mass is 277 g/mol. The maximum absolute atomic E-state index is 9.14. The summed E-state index contributed by atoms with van der Waals surface area (Å²) in [5.41, 5.74) is 3.19. The second-order valence-electron chi connectivity index (χ2n) is 5.07. The molecule has 104 valence electrons. The van der Waals surface area contributed by atoms with Crippen LogP contribution in [0, 0.1) is 11.3 Å². The van der Waals surface area contributed by atoms with Crippen LogP contribution in [-0.2, 0) is 0 Å². The average Bonchev–Trinajstić information content (AvgIpc) is 2.90. The first-order valence-corrected chi connectivity index (χ1v) is 6.82. The maximum Gasteiger partial charge on any atom is 0.155 e. The fourth-order valence-electron chi connectivity index (χ4n) is 2.31. The molecule has 3 rings (SSSR count). The quantitative estimate of drug-likeness (QED) is 0.734. The number of aromatic nitrogens is 2. The minimum absolute atomic E-state index is 0.132. The van der Waals surface area contributed by atoms with E-state index in [0.29, 0.717) is 11.2 Å². The molecule has 0 fully saturated rings. The van der Waals surface area contributed by atoms with E-state index >= 15 is 0 Å². The Balaban J connectivity index is 2.11. The van der Waals surface area contributed by atoms with Gasteiger partial charge in [-0.3, -0.25) is 4.40 Å². The molecule has 0 aliphatic heterocycles. The molecule has 0 atom stereocenters. The Hall–Kier alpha value is -2.80. The molecule has 0 unspecified atom stereocenters. The lowest BCUT2D eigenvalue weighted by molar-refractivity contribution is 0.242. The summed E-state index contributed by atoms with van der Waals surface area (Å²) in [5, 5.41) is 9.14. The van der Waals surface area contributed by atoms with E-state index in [1.165, 1.54) is 0 Å². The van der Waals surface area contributed by atoms with Crippen molar-refractivity contribution in [3.63, 3.8) is 0 Å². The SMILES string of the molecule is CC(C)Oc1cccc(-c2cnc3c(C#N)cccn23)c1. The summed E-state index contributed by atoms with van der Waals surface area (Å²) >= 11 is 0. The van der Waals surface area contributed by atoms with Gasteiger partial charge < -0.3 is 4.74 Å². The van der Waals surface area contributed by atoms with Crippen LogP contribution < -0.4 is 4.74 Å². The summed E-state index contributed by atoms with van der Waals surface area (Å²) in [7, 11) is 0. The van der Waals surface area contributed by atoms with Crippen LogP contribution in [0.15, 0.2) is 48.8 Å². The Morgan fingerprint density at radius 3 is 2.86 bits per heavy atom. The van der Waals surface area contributed by atoms with Crippen LogP contribution in [0.2, 0.25) is 0 Å². The van der Waals surface area contributed by atoms with Crippen molar-refractivity contribution in [2.45, 2.75) is 20.0 Å². The van der Waals surface area contributed by atoms with Crippen LogP contribution in [0.4, 0.5) is 0 Å². The lowest BCUT2D eigenvalue weighted by Crippen LogP contribution is -2.05. The Bertz CT molecular complexity index is 827. The molecule has 1 aromatic carbocycles. The Morgan fingerprint density at radius 2 is 2.10 bits per heavy atom. The zero-order valence-corrected chi connectivity index (χ0v) is 11.9. The molecule has 0 radical (unpaired) electrons. The first-order valence-electron chi connectivity index (χ1n) is 6.82. The predicted octanol–water partition coefficient (Wildman–Crippen LogP) is 3.66. The minimum atomic E-state index is 0.132. The van der Waals surface area contributed by atoms with Gasteiger partial charge in [-0.1, -0.05) is 12.1 Å². The first kappa shape index (κ1) is 13.2. The second-order valence-corrected chi connectivity index (χ2v) is 5.07. The minimum Gasteiger partial charge on any atom is -0.491 e. The van der Waals surface area contributed by atoms with Crippen molar-refractivity contribution >= 4 is 5.65 Å². The van der Waals surface area contributed by atoms with Gasteiger partial charge in [0.15, 0.2) is 5.65 Å². The zero-order valence-electron chi connectivity index (χ0n) is 11.9. The molecule has 0 N–H and O–H groups in total. The molecule has 3 aromatic rings. The van der Waals surface area contributed by atoms with Gasteiger partial charge in [-0.25, -0.2) is 4.98 Å². The van der Waals surface area contributed by atoms with Gasteiger partial charge in [-0.2, -0.15) is 5.26 Å². The number of fused-ring (bicyclic) bond motifs is 1. The molecule has 4 heteroatoms. The van der Waals surface area contributed by atoms with Crippen molar-refractivity contribution in [1.82, 2.24) is 9.38 Å². The van der Waals surface area contributed by atoms with Gasteiger partial charge in [0, 0.05) is 11.8 Å². The Labute approximate surface area is 123 Å². The zero-order chi connectivity index (χ0) is 14.8. The standard InChI is InChI=1S/C17H15N3O/c1-12(2)21-15-7-3-5-13(9-15)16-11-19-17-14(10-18)6-4-8-20(16)17/h3-9,11-12H,1-2H3. The summed E-state index contributed by atoms with van der Waals surface area (Å²) in [6.45, 7) is 4.00. The molecule has 0 spiro atoms. The van der Waals surface area contributed by atoms with Crippen molar-refractivity contribution in [2.75, 3.05) is 0 Å². The highest BCUT2D eigenvalue weighted by molar-refractivity contribution is 5.68. The second kappa shape index (κ2) is 5.29. The van der Waals surface area contributed by atoms with Crippen LogP contribution in [0.3, 0.4) is 0 Å². The number of hydrogen-bond donors (Lipinski definition) is 0. The number of pyridine rings is 1. The van der Waals surface area contributed by atoms with Crippen LogP contribution >= 0.6 is 0 Å². The normalized spacial score (nSPS) is 10.8. The van der Waals surface area contributed by atoms with E-state index in [1.54, 1.807) is 12.3 Å². The molecular weight excluding hydrogens is 262 g/mol. The maximum atomic E-state index is 9.14. The van der Waals surface area contributed by atoms with E-state index in [2.05, 4.69) is 11.1 Å². The van der Waals surface area contributed by atoms with Gasteiger partial charge in [0.1, 0.15) is 11.8 Å². The third-order valence-corrected chi connectivity index (χ3v) is 3.16. The van der Waals surface area contributed by atoms with Crippen molar-refractivity contribution in [3.05, 3.63) is 54.4 Å². The molecule has 0 amide bonds. The number of benzene rings is 1. The van der Waals surface area contributed by atoms with E-state index in [1.807, 2.05) is 54.8 Å². The average molecular weight is 277 g/mol. The number of nitriles is 1.